The lowest BCUT2D eigenvalue weighted by atomic mass is 10.2. The Labute approximate surface area is 120 Å². The number of carboxylic acid groups (broad SMARTS) is 1. The molecule has 0 heterocycles. The minimum Gasteiger partial charge on any atom is -0.480 e. The van der Waals surface area contributed by atoms with Crippen molar-refractivity contribution in [2.24, 2.45) is 0 Å². The van der Waals surface area contributed by atoms with Crippen molar-refractivity contribution in [3.8, 4) is 0 Å². The number of carbonyl (C=O) groups is 2. The van der Waals surface area contributed by atoms with Crippen molar-refractivity contribution in [2.45, 2.75) is 24.8 Å². The van der Waals surface area contributed by atoms with E-state index in [1.54, 1.807) is 18.2 Å². The van der Waals surface area contributed by atoms with Crippen LogP contribution in [0.15, 0.2) is 24.3 Å². The molecule has 8 nitrogen and oxygen atoms in total. The summed E-state index contributed by atoms with van der Waals surface area (Å²) in [7, 11) is 0. The number of benzene rings is 1. The number of aliphatic carboxylic acids is 1. The summed E-state index contributed by atoms with van der Waals surface area (Å²) in [6.07, 6.45) is 0.915. The van der Waals surface area contributed by atoms with Crippen molar-refractivity contribution < 1.29 is 19.6 Å². The van der Waals surface area contributed by atoms with Crippen molar-refractivity contribution in [1.82, 2.24) is 5.32 Å². The minimum absolute atomic E-state index is 0.0427. The second kappa shape index (κ2) is 5.78. The number of hydrogen-bond acceptors (Lipinski definition) is 5. The van der Waals surface area contributed by atoms with E-state index >= 15 is 0 Å². The van der Waals surface area contributed by atoms with E-state index in [2.05, 4.69) is 10.6 Å². The smallest absolute Gasteiger partial charge is 0.329 e. The Morgan fingerprint density at radius 1 is 1.33 bits per heavy atom. The molecule has 1 aromatic carbocycles. The summed E-state index contributed by atoms with van der Waals surface area (Å²) in [4.78, 5) is 32.9. The number of nitrogens with zero attached hydrogens (tertiary/aromatic N) is 1. The standard InChI is InChI=1S/C13H15N3O5/c17-11(15-13(6-7-13)12(18)19)5-8-14-9-3-1-2-4-10(9)16(20)21/h1-4,14H,5-8H2,(H,15,17)(H,18,19). The number of carboxylic acids is 1. The number of hydrogen-bond donors (Lipinski definition) is 3. The van der Waals surface area contributed by atoms with E-state index in [-0.39, 0.29) is 24.6 Å². The lowest BCUT2D eigenvalue weighted by molar-refractivity contribution is -0.384. The first kappa shape index (κ1) is 14.8. The van der Waals surface area contributed by atoms with Crippen LogP contribution in [0.3, 0.4) is 0 Å². The SMILES string of the molecule is O=C(CCNc1ccccc1[N+](=O)[O-])NC1(C(=O)O)CC1. The third kappa shape index (κ3) is 3.47. The first-order valence-electron chi connectivity index (χ1n) is 6.46. The van der Waals surface area contributed by atoms with E-state index < -0.39 is 16.4 Å². The first-order valence-corrected chi connectivity index (χ1v) is 6.46. The van der Waals surface area contributed by atoms with Gasteiger partial charge >= 0.3 is 5.97 Å². The van der Waals surface area contributed by atoms with Crippen molar-refractivity contribution in [1.29, 1.82) is 0 Å². The van der Waals surface area contributed by atoms with Gasteiger partial charge in [-0.25, -0.2) is 4.79 Å². The summed E-state index contributed by atoms with van der Waals surface area (Å²) in [5.74, 6) is -1.41. The van der Waals surface area contributed by atoms with Gasteiger partial charge in [-0.1, -0.05) is 12.1 Å². The van der Waals surface area contributed by atoms with E-state index in [1.165, 1.54) is 6.07 Å². The first-order chi connectivity index (χ1) is 9.94. The van der Waals surface area contributed by atoms with Crippen molar-refractivity contribution in [3.05, 3.63) is 34.4 Å². The Morgan fingerprint density at radius 3 is 2.57 bits per heavy atom. The molecule has 1 saturated carbocycles. The third-order valence-corrected chi connectivity index (χ3v) is 3.31. The predicted octanol–water partition coefficient (Wildman–Crippen LogP) is 1.13. The summed E-state index contributed by atoms with van der Waals surface area (Å²) in [6.45, 7) is 0.187. The molecule has 0 radical (unpaired) electrons. The van der Waals surface area contributed by atoms with Gasteiger partial charge in [0.05, 0.1) is 4.92 Å². The van der Waals surface area contributed by atoms with Gasteiger partial charge in [-0.15, -0.1) is 0 Å². The zero-order valence-corrected chi connectivity index (χ0v) is 11.2. The summed E-state index contributed by atoms with van der Waals surface area (Å²) in [5.41, 5.74) is -0.840. The molecule has 1 aliphatic rings. The zero-order valence-electron chi connectivity index (χ0n) is 11.2. The quantitative estimate of drug-likeness (QED) is 0.511. The van der Waals surface area contributed by atoms with Gasteiger partial charge in [-0.2, -0.15) is 0 Å². The number of amides is 1. The van der Waals surface area contributed by atoms with Gasteiger partial charge in [0.1, 0.15) is 11.2 Å². The number of rotatable bonds is 7. The van der Waals surface area contributed by atoms with Crippen LogP contribution in [0.1, 0.15) is 19.3 Å². The summed E-state index contributed by atoms with van der Waals surface area (Å²) >= 11 is 0. The van der Waals surface area contributed by atoms with E-state index in [0.717, 1.165) is 0 Å². The van der Waals surface area contributed by atoms with Gasteiger partial charge in [-0.05, 0) is 18.9 Å². The van der Waals surface area contributed by atoms with E-state index in [4.69, 9.17) is 5.11 Å². The average Bonchev–Trinajstić information content (AvgIpc) is 3.20. The highest BCUT2D eigenvalue weighted by Gasteiger charge is 2.51. The van der Waals surface area contributed by atoms with Crippen LogP contribution in [-0.4, -0.2) is 34.0 Å². The molecule has 1 aromatic rings. The maximum Gasteiger partial charge on any atom is 0.329 e. The zero-order chi connectivity index (χ0) is 15.5. The molecule has 2 rings (SSSR count). The number of anilines is 1. The van der Waals surface area contributed by atoms with Gasteiger partial charge < -0.3 is 15.7 Å². The van der Waals surface area contributed by atoms with Crippen LogP contribution in [0.2, 0.25) is 0 Å². The molecule has 0 saturated heterocycles. The molecule has 1 fully saturated rings. The maximum atomic E-state index is 11.7. The van der Waals surface area contributed by atoms with Crippen LogP contribution in [-0.2, 0) is 9.59 Å². The maximum absolute atomic E-state index is 11.7. The highest BCUT2D eigenvalue weighted by molar-refractivity contribution is 5.89. The van der Waals surface area contributed by atoms with Crippen LogP contribution in [0.4, 0.5) is 11.4 Å². The lowest BCUT2D eigenvalue weighted by Gasteiger charge is -2.12. The minimum atomic E-state index is -1.10. The van der Waals surface area contributed by atoms with E-state index in [1.807, 2.05) is 0 Å². The molecule has 0 spiro atoms. The molecule has 0 unspecified atom stereocenters. The molecule has 1 aliphatic carbocycles. The molecule has 8 heteroatoms. The molecule has 0 bridgehead atoms. The molecular formula is C13H15N3O5. The number of carbonyl (C=O) groups excluding carboxylic acids is 1. The highest BCUT2D eigenvalue weighted by Crippen LogP contribution is 2.35. The largest absolute Gasteiger partial charge is 0.480 e. The van der Waals surface area contributed by atoms with Crippen LogP contribution in [0.25, 0.3) is 0 Å². The summed E-state index contributed by atoms with van der Waals surface area (Å²) < 4.78 is 0. The molecule has 0 aromatic heterocycles. The van der Waals surface area contributed by atoms with Crippen molar-refractivity contribution in [2.75, 3.05) is 11.9 Å². The van der Waals surface area contributed by atoms with Crippen LogP contribution < -0.4 is 10.6 Å². The average molecular weight is 293 g/mol. The van der Waals surface area contributed by atoms with E-state index in [0.29, 0.717) is 18.5 Å². The Morgan fingerprint density at radius 2 is 2.00 bits per heavy atom. The second-order valence-electron chi connectivity index (χ2n) is 4.89. The predicted molar refractivity (Wildman–Crippen MR) is 73.9 cm³/mol. The molecule has 21 heavy (non-hydrogen) atoms. The number of nitro benzene ring substituents is 1. The topological polar surface area (TPSA) is 122 Å². The molecule has 3 N–H and O–H groups in total. The number of nitro groups is 1. The Balaban J connectivity index is 1.84. The molecule has 112 valence electrons. The molecule has 1 amide bonds. The van der Waals surface area contributed by atoms with Crippen molar-refractivity contribution >= 4 is 23.3 Å². The molecule has 0 aliphatic heterocycles. The van der Waals surface area contributed by atoms with Crippen molar-refractivity contribution in [3.63, 3.8) is 0 Å². The van der Waals surface area contributed by atoms with Crippen LogP contribution in [0.5, 0.6) is 0 Å². The Hall–Kier alpha value is -2.64. The van der Waals surface area contributed by atoms with E-state index in [9.17, 15) is 19.7 Å². The molecule has 0 atom stereocenters. The summed E-state index contributed by atoms with van der Waals surface area (Å²) in [5, 5.41) is 25.0. The molecular weight excluding hydrogens is 278 g/mol. The fraction of sp³-hybridized carbons (Fsp3) is 0.385. The second-order valence-corrected chi connectivity index (χ2v) is 4.89. The van der Waals surface area contributed by atoms with Gasteiger partial charge in [0.2, 0.25) is 5.91 Å². The lowest BCUT2D eigenvalue weighted by Crippen LogP contribution is -2.43. The Bertz CT molecular complexity index is 583. The normalized spacial score (nSPS) is 15.0. The van der Waals surface area contributed by atoms with Gasteiger partial charge in [-0.3, -0.25) is 14.9 Å². The van der Waals surface area contributed by atoms with Gasteiger partial charge in [0.25, 0.3) is 5.69 Å². The van der Waals surface area contributed by atoms with Crippen LogP contribution in [0, 0.1) is 10.1 Å². The third-order valence-electron chi connectivity index (χ3n) is 3.31. The highest BCUT2D eigenvalue weighted by atomic mass is 16.6. The Kier molecular flexibility index (Phi) is 4.06. The van der Waals surface area contributed by atoms with Gasteiger partial charge in [0, 0.05) is 19.0 Å². The number of para-hydroxylation sites is 2. The fourth-order valence-electron chi connectivity index (χ4n) is 1.94. The van der Waals surface area contributed by atoms with Crippen LogP contribution >= 0.6 is 0 Å². The summed E-state index contributed by atoms with van der Waals surface area (Å²) in [6, 6.07) is 6.13. The fourth-order valence-corrected chi connectivity index (χ4v) is 1.94. The monoisotopic (exact) mass is 293 g/mol. The van der Waals surface area contributed by atoms with Gasteiger partial charge in [0.15, 0.2) is 0 Å². The number of nitrogens with one attached hydrogen (secondary N) is 2.